The highest BCUT2D eigenvalue weighted by molar-refractivity contribution is 5.81. The zero-order valence-corrected chi connectivity index (χ0v) is 15.1. The van der Waals surface area contributed by atoms with E-state index in [0.29, 0.717) is 39.5 Å². The molecule has 1 aliphatic carbocycles. The van der Waals surface area contributed by atoms with Gasteiger partial charge < -0.3 is 24.4 Å². The van der Waals surface area contributed by atoms with Crippen molar-refractivity contribution in [1.29, 1.82) is 0 Å². The van der Waals surface area contributed by atoms with Crippen LogP contribution in [0.3, 0.4) is 0 Å². The first-order chi connectivity index (χ1) is 12.1. The maximum atomic E-state index is 12.8. The molecular weight excluding hydrogens is 324 g/mol. The fourth-order valence-electron chi connectivity index (χ4n) is 4.13. The van der Waals surface area contributed by atoms with Crippen molar-refractivity contribution in [2.24, 2.45) is 11.8 Å². The van der Waals surface area contributed by atoms with E-state index < -0.39 is 5.79 Å². The molecule has 1 spiro atoms. The van der Waals surface area contributed by atoms with Crippen LogP contribution >= 0.6 is 0 Å². The SMILES string of the molecule is COCCNC(=O)C1CCC(C(=O)N2CCC3(CC2)OCCO3)CC1. The van der Waals surface area contributed by atoms with Gasteiger partial charge in [0.15, 0.2) is 5.79 Å². The van der Waals surface area contributed by atoms with Gasteiger partial charge in [-0.25, -0.2) is 0 Å². The van der Waals surface area contributed by atoms with E-state index in [9.17, 15) is 9.59 Å². The van der Waals surface area contributed by atoms with E-state index in [1.807, 2.05) is 4.90 Å². The first-order valence-corrected chi connectivity index (χ1v) is 9.47. The van der Waals surface area contributed by atoms with Gasteiger partial charge in [0.25, 0.3) is 0 Å². The summed E-state index contributed by atoms with van der Waals surface area (Å²) >= 11 is 0. The molecule has 3 aliphatic rings. The van der Waals surface area contributed by atoms with E-state index in [1.54, 1.807) is 7.11 Å². The standard InChI is InChI=1S/C18H30N2O5/c1-23-11-8-19-16(21)14-2-4-15(5-3-14)17(22)20-9-6-18(7-10-20)24-12-13-25-18/h14-15H,2-13H2,1H3,(H,19,21). The maximum absolute atomic E-state index is 12.8. The summed E-state index contributed by atoms with van der Waals surface area (Å²) < 4.78 is 16.4. The molecule has 7 heteroatoms. The number of likely N-dealkylation sites (tertiary alicyclic amines) is 1. The molecule has 142 valence electrons. The molecule has 2 amide bonds. The van der Waals surface area contributed by atoms with Gasteiger partial charge in [-0.2, -0.15) is 0 Å². The molecule has 1 saturated carbocycles. The highest BCUT2D eigenvalue weighted by Crippen LogP contribution is 2.34. The molecule has 0 bridgehead atoms. The number of nitrogens with one attached hydrogen (secondary N) is 1. The van der Waals surface area contributed by atoms with Crippen molar-refractivity contribution in [2.45, 2.75) is 44.3 Å². The fourth-order valence-corrected chi connectivity index (χ4v) is 4.13. The third-order valence-corrected chi connectivity index (χ3v) is 5.70. The highest BCUT2D eigenvalue weighted by Gasteiger charge is 2.42. The lowest BCUT2D eigenvalue weighted by Crippen LogP contribution is -2.49. The van der Waals surface area contributed by atoms with Gasteiger partial charge in [0.05, 0.1) is 19.8 Å². The normalized spacial score (nSPS) is 28.9. The Morgan fingerprint density at radius 2 is 1.68 bits per heavy atom. The topological polar surface area (TPSA) is 77.1 Å². The summed E-state index contributed by atoms with van der Waals surface area (Å²) in [6.45, 7) is 3.80. The van der Waals surface area contributed by atoms with Crippen LogP contribution in [0, 0.1) is 11.8 Å². The molecular formula is C18H30N2O5. The number of hydrogen-bond acceptors (Lipinski definition) is 5. The molecule has 25 heavy (non-hydrogen) atoms. The van der Waals surface area contributed by atoms with E-state index in [-0.39, 0.29) is 23.7 Å². The van der Waals surface area contributed by atoms with Crippen molar-refractivity contribution >= 4 is 11.8 Å². The van der Waals surface area contributed by atoms with E-state index >= 15 is 0 Å². The second-order valence-corrected chi connectivity index (χ2v) is 7.27. The Labute approximate surface area is 149 Å². The zero-order valence-electron chi connectivity index (χ0n) is 15.1. The van der Waals surface area contributed by atoms with Gasteiger partial charge in [0.1, 0.15) is 0 Å². The molecule has 2 heterocycles. The van der Waals surface area contributed by atoms with E-state index in [4.69, 9.17) is 14.2 Å². The molecule has 3 fully saturated rings. The van der Waals surface area contributed by atoms with Crippen LogP contribution in [0.2, 0.25) is 0 Å². The summed E-state index contributed by atoms with van der Waals surface area (Å²) in [6, 6.07) is 0. The van der Waals surface area contributed by atoms with E-state index in [0.717, 1.165) is 38.5 Å². The average Bonchev–Trinajstić information content (AvgIpc) is 3.10. The Balaban J connectivity index is 1.40. The zero-order chi connectivity index (χ0) is 17.7. The van der Waals surface area contributed by atoms with E-state index in [2.05, 4.69) is 5.32 Å². The van der Waals surface area contributed by atoms with Crippen molar-refractivity contribution in [3.05, 3.63) is 0 Å². The minimum absolute atomic E-state index is 0.0332. The number of ether oxygens (including phenoxy) is 3. The fraction of sp³-hybridized carbons (Fsp3) is 0.889. The van der Waals surface area contributed by atoms with Crippen LogP contribution < -0.4 is 5.32 Å². The van der Waals surface area contributed by atoms with Gasteiger partial charge in [0.2, 0.25) is 11.8 Å². The summed E-state index contributed by atoms with van der Waals surface area (Å²) in [7, 11) is 1.62. The van der Waals surface area contributed by atoms with Gasteiger partial charge in [-0.1, -0.05) is 0 Å². The van der Waals surface area contributed by atoms with Crippen molar-refractivity contribution in [3.8, 4) is 0 Å². The Kier molecular flexibility index (Phi) is 6.30. The summed E-state index contributed by atoms with van der Waals surface area (Å²) in [6.07, 6.45) is 4.70. The summed E-state index contributed by atoms with van der Waals surface area (Å²) in [5.74, 6) is -0.00727. The number of nitrogens with zero attached hydrogens (tertiary/aromatic N) is 1. The number of rotatable bonds is 5. The van der Waals surface area contributed by atoms with Crippen LogP contribution in [-0.4, -0.2) is 69.1 Å². The first kappa shape index (κ1) is 18.6. The molecule has 0 aromatic heterocycles. The quantitative estimate of drug-likeness (QED) is 0.743. The second kappa shape index (κ2) is 8.47. The minimum atomic E-state index is -0.436. The third kappa shape index (κ3) is 4.51. The summed E-state index contributed by atoms with van der Waals surface area (Å²) in [5.41, 5.74) is 0. The smallest absolute Gasteiger partial charge is 0.225 e. The van der Waals surface area contributed by atoms with Crippen molar-refractivity contribution in [3.63, 3.8) is 0 Å². The van der Waals surface area contributed by atoms with Gasteiger partial charge >= 0.3 is 0 Å². The Bertz CT molecular complexity index is 460. The lowest BCUT2D eigenvalue weighted by Gasteiger charge is -2.39. The molecule has 1 N–H and O–H groups in total. The molecule has 3 rings (SSSR count). The summed E-state index contributed by atoms with van der Waals surface area (Å²) in [4.78, 5) is 26.8. The number of amides is 2. The highest BCUT2D eigenvalue weighted by atomic mass is 16.7. The van der Waals surface area contributed by atoms with Crippen LogP contribution in [0.1, 0.15) is 38.5 Å². The second-order valence-electron chi connectivity index (χ2n) is 7.27. The predicted molar refractivity (Wildman–Crippen MR) is 90.8 cm³/mol. The van der Waals surface area contributed by atoms with Gasteiger partial charge in [0, 0.05) is 51.4 Å². The maximum Gasteiger partial charge on any atom is 0.225 e. The molecule has 0 radical (unpaired) electrons. The lowest BCUT2D eigenvalue weighted by atomic mass is 9.80. The van der Waals surface area contributed by atoms with Crippen LogP contribution in [0.5, 0.6) is 0 Å². The third-order valence-electron chi connectivity index (χ3n) is 5.70. The van der Waals surface area contributed by atoms with Crippen LogP contribution in [0.15, 0.2) is 0 Å². The van der Waals surface area contributed by atoms with E-state index in [1.165, 1.54) is 0 Å². The van der Waals surface area contributed by atoms with Gasteiger partial charge in [-0.05, 0) is 25.7 Å². The summed E-state index contributed by atoms with van der Waals surface area (Å²) in [5, 5.41) is 2.90. The van der Waals surface area contributed by atoms with Crippen LogP contribution in [-0.2, 0) is 23.8 Å². The first-order valence-electron chi connectivity index (χ1n) is 9.47. The number of piperidine rings is 1. The average molecular weight is 354 g/mol. The monoisotopic (exact) mass is 354 g/mol. The molecule has 0 aromatic carbocycles. The Hall–Kier alpha value is -1.18. The molecule has 2 aliphatic heterocycles. The number of carbonyl (C=O) groups is 2. The molecule has 0 aromatic rings. The van der Waals surface area contributed by atoms with Gasteiger partial charge in [-0.3, -0.25) is 9.59 Å². The van der Waals surface area contributed by atoms with Crippen molar-refractivity contribution < 1.29 is 23.8 Å². The number of methoxy groups -OCH3 is 1. The lowest BCUT2D eigenvalue weighted by molar-refractivity contribution is -0.188. The number of hydrogen-bond donors (Lipinski definition) is 1. The van der Waals surface area contributed by atoms with Crippen LogP contribution in [0.25, 0.3) is 0 Å². The van der Waals surface area contributed by atoms with Crippen molar-refractivity contribution in [1.82, 2.24) is 10.2 Å². The Morgan fingerprint density at radius 1 is 1.08 bits per heavy atom. The molecule has 2 saturated heterocycles. The van der Waals surface area contributed by atoms with Crippen molar-refractivity contribution in [2.75, 3.05) is 46.6 Å². The largest absolute Gasteiger partial charge is 0.383 e. The van der Waals surface area contributed by atoms with Gasteiger partial charge in [-0.15, -0.1) is 0 Å². The molecule has 0 unspecified atom stereocenters. The molecule has 0 atom stereocenters. The predicted octanol–water partition coefficient (Wildman–Crippen LogP) is 0.921. The minimum Gasteiger partial charge on any atom is -0.383 e. The molecule has 7 nitrogen and oxygen atoms in total. The Morgan fingerprint density at radius 3 is 2.28 bits per heavy atom. The number of carbonyl (C=O) groups excluding carboxylic acids is 2. The van der Waals surface area contributed by atoms with Crippen LogP contribution in [0.4, 0.5) is 0 Å².